The molecule has 6 nitrogen and oxygen atoms in total. The fourth-order valence-electron chi connectivity index (χ4n) is 4.12. The van der Waals surface area contributed by atoms with Gasteiger partial charge in [-0.15, -0.1) is 0 Å². The average Bonchev–Trinajstić information content (AvgIpc) is 2.84. The quantitative estimate of drug-likeness (QED) is 0.339. The number of piperidine rings is 1. The zero-order valence-electron chi connectivity index (χ0n) is 21.9. The van der Waals surface area contributed by atoms with Crippen LogP contribution in [0.5, 0.6) is 5.75 Å². The van der Waals surface area contributed by atoms with E-state index in [2.05, 4.69) is 0 Å². The van der Waals surface area contributed by atoms with E-state index >= 15 is 4.39 Å². The predicted molar refractivity (Wildman–Crippen MR) is 141 cm³/mol. The number of ether oxygens (including phenoxy) is 2. The molecule has 0 unspecified atom stereocenters. The molecule has 37 heavy (non-hydrogen) atoms. The van der Waals surface area contributed by atoms with Crippen molar-refractivity contribution < 1.29 is 27.8 Å². The van der Waals surface area contributed by atoms with Crippen LogP contribution < -0.4 is 9.64 Å². The van der Waals surface area contributed by atoms with Gasteiger partial charge >= 0.3 is 6.09 Å². The van der Waals surface area contributed by atoms with Gasteiger partial charge in [-0.2, -0.15) is 0 Å². The molecular weight excluding hydrogens is 502 g/mol. The van der Waals surface area contributed by atoms with Crippen molar-refractivity contribution in [2.24, 2.45) is 0 Å². The van der Waals surface area contributed by atoms with Gasteiger partial charge < -0.3 is 14.4 Å². The Bertz CT molecular complexity index is 1100. The van der Waals surface area contributed by atoms with Crippen molar-refractivity contribution in [1.29, 1.82) is 0 Å². The summed E-state index contributed by atoms with van der Waals surface area (Å²) in [6.45, 7) is 6.47. The lowest BCUT2D eigenvalue weighted by Gasteiger charge is -2.36. The number of nitrogens with zero attached hydrogens (tertiary/aromatic N) is 2. The molecule has 2 aromatic carbocycles. The standard InChI is InChI=1S/C28H35ClF2N2O4/c1-27(2,3)37-26(35)32(4)21-8-7-9-22(19-21)36-17-6-5-12-28(31)13-15-33(16-14-28)25(34)20-10-11-24(30)23(29)18-20/h7-11,18-19H,5-6,12-17H2,1-4H3. The highest BCUT2D eigenvalue weighted by Gasteiger charge is 2.35. The van der Waals surface area contributed by atoms with Crippen LogP contribution in [0.2, 0.25) is 5.02 Å². The minimum Gasteiger partial charge on any atom is -0.494 e. The number of benzene rings is 2. The molecule has 1 saturated heterocycles. The molecule has 1 heterocycles. The number of unbranched alkanes of at least 4 members (excludes halogenated alkanes) is 1. The van der Waals surface area contributed by atoms with Crippen LogP contribution in [0.25, 0.3) is 0 Å². The molecule has 1 fully saturated rings. The van der Waals surface area contributed by atoms with E-state index in [4.69, 9.17) is 21.1 Å². The van der Waals surface area contributed by atoms with Gasteiger partial charge in [-0.3, -0.25) is 9.69 Å². The molecule has 1 aliphatic rings. The summed E-state index contributed by atoms with van der Waals surface area (Å²) in [5, 5.41) is -0.105. The number of hydrogen-bond acceptors (Lipinski definition) is 4. The lowest BCUT2D eigenvalue weighted by Crippen LogP contribution is -2.44. The van der Waals surface area contributed by atoms with E-state index in [0.29, 0.717) is 56.0 Å². The molecule has 9 heteroatoms. The Morgan fingerprint density at radius 1 is 1.11 bits per heavy atom. The lowest BCUT2D eigenvalue weighted by molar-refractivity contribution is 0.0382. The number of anilines is 1. The first kappa shape index (κ1) is 28.7. The Kier molecular flexibility index (Phi) is 9.40. The molecule has 0 spiro atoms. The van der Waals surface area contributed by atoms with Gasteiger partial charge in [-0.25, -0.2) is 13.6 Å². The Balaban J connectivity index is 1.40. The number of hydrogen-bond donors (Lipinski definition) is 0. The van der Waals surface area contributed by atoms with Gasteiger partial charge in [0.25, 0.3) is 5.91 Å². The van der Waals surface area contributed by atoms with E-state index in [9.17, 15) is 14.0 Å². The smallest absolute Gasteiger partial charge is 0.414 e. The van der Waals surface area contributed by atoms with Crippen LogP contribution in [0.1, 0.15) is 63.2 Å². The minimum atomic E-state index is -1.33. The maximum atomic E-state index is 15.3. The molecule has 0 aliphatic carbocycles. The maximum Gasteiger partial charge on any atom is 0.414 e. The van der Waals surface area contributed by atoms with Crippen LogP contribution in [-0.4, -0.2) is 54.9 Å². The summed E-state index contributed by atoms with van der Waals surface area (Å²) in [6, 6.07) is 11.0. The summed E-state index contributed by atoms with van der Waals surface area (Å²) in [5.74, 6) is -0.225. The molecule has 3 rings (SSSR count). The van der Waals surface area contributed by atoms with Crippen LogP contribution in [0.3, 0.4) is 0 Å². The average molecular weight is 537 g/mol. The van der Waals surface area contributed by atoms with Crippen LogP contribution in [0.4, 0.5) is 19.3 Å². The molecule has 0 atom stereocenters. The molecule has 1 aliphatic heterocycles. The maximum absolute atomic E-state index is 15.3. The number of alkyl halides is 1. The Labute approximate surface area is 222 Å². The van der Waals surface area contributed by atoms with Crippen molar-refractivity contribution in [1.82, 2.24) is 4.90 Å². The zero-order chi connectivity index (χ0) is 27.2. The van der Waals surface area contributed by atoms with Crippen molar-refractivity contribution in [3.8, 4) is 5.75 Å². The minimum absolute atomic E-state index is 0.105. The summed E-state index contributed by atoms with van der Waals surface area (Å²) in [5.41, 5.74) is -0.959. The van der Waals surface area contributed by atoms with Gasteiger partial charge in [-0.1, -0.05) is 17.7 Å². The monoisotopic (exact) mass is 536 g/mol. The van der Waals surface area contributed by atoms with Crippen molar-refractivity contribution in [2.75, 3.05) is 31.6 Å². The SMILES string of the molecule is CN(C(=O)OC(C)(C)C)c1cccc(OCCCCC2(F)CCN(C(=O)c3ccc(F)c(Cl)c3)CC2)c1. The third-order valence-corrected chi connectivity index (χ3v) is 6.56. The number of amides is 2. The zero-order valence-corrected chi connectivity index (χ0v) is 22.6. The summed E-state index contributed by atoms with van der Waals surface area (Å²) in [7, 11) is 1.64. The summed E-state index contributed by atoms with van der Waals surface area (Å²) >= 11 is 5.78. The Hall–Kier alpha value is -2.87. The van der Waals surface area contributed by atoms with E-state index < -0.39 is 23.2 Å². The van der Waals surface area contributed by atoms with Crippen molar-refractivity contribution >= 4 is 29.3 Å². The summed E-state index contributed by atoms with van der Waals surface area (Å²) < 4.78 is 39.9. The predicted octanol–water partition coefficient (Wildman–Crippen LogP) is 7.04. The molecule has 0 bridgehead atoms. The van der Waals surface area contributed by atoms with E-state index in [1.807, 2.05) is 26.8 Å². The first-order valence-electron chi connectivity index (χ1n) is 12.5. The van der Waals surface area contributed by atoms with Gasteiger partial charge in [0.1, 0.15) is 22.8 Å². The van der Waals surface area contributed by atoms with Gasteiger partial charge in [0.15, 0.2) is 0 Å². The van der Waals surface area contributed by atoms with Crippen molar-refractivity contribution in [2.45, 2.75) is 64.1 Å². The third kappa shape index (κ3) is 8.32. The molecule has 0 saturated carbocycles. The number of rotatable bonds is 8. The molecule has 2 amide bonds. The van der Waals surface area contributed by atoms with Crippen LogP contribution in [0.15, 0.2) is 42.5 Å². The second kappa shape index (κ2) is 12.1. The second-order valence-corrected chi connectivity index (χ2v) is 10.8. The molecule has 0 N–H and O–H groups in total. The van der Waals surface area contributed by atoms with Crippen LogP contribution in [0, 0.1) is 5.82 Å². The molecular formula is C28H35ClF2N2O4. The normalized spacial score (nSPS) is 15.3. The Morgan fingerprint density at radius 2 is 1.81 bits per heavy atom. The summed E-state index contributed by atoms with van der Waals surface area (Å²) in [4.78, 5) is 28.0. The highest BCUT2D eigenvalue weighted by Crippen LogP contribution is 2.32. The first-order valence-corrected chi connectivity index (χ1v) is 12.9. The van der Waals surface area contributed by atoms with Crippen molar-refractivity contribution in [3.63, 3.8) is 0 Å². The highest BCUT2D eigenvalue weighted by molar-refractivity contribution is 6.31. The van der Waals surface area contributed by atoms with Crippen LogP contribution in [-0.2, 0) is 4.74 Å². The van der Waals surface area contributed by atoms with E-state index in [-0.39, 0.29) is 23.8 Å². The topological polar surface area (TPSA) is 59.1 Å². The molecule has 0 radical (unpaired) electrons. The molecule has 0 aromatic heterocycles. The largest absolute Gasteiger partial charge is 0.494 e. The number of likely N-dealkylation sites (tertiary alicyclic amines) is 1. The number of halogens is 3. The highest BCUT2D eigenvalue weighted by atomic mass is 35.5. The van der Waals surface area contributed by atoms with E-state index in [1.165, 1.54) is 17.0 Å². The first-order chi connectivity index (χ1) is 17.4. The van der Waals surface area contributed by atoms with Gasteiger partial charge in [-0.05, 0) is 83.2 Å². The Morgan fingerprint density at radius 3 is 2.46 bits per heavy atom. The van der Waals surface area contributed by atoms with Gasteiger partial charge in [0.05, 0.1) is 17.3 Å². The van der Waals surface area contributed by atoms with E-state index in [0.717, 1.165) is 6.07 Å². The van der Waals surface area contributed by atoms with E-state index in [1.54, 1.807) is 30.1 Å². The number of carbonyl (C=O) groups excluding carboxylic acids is 2. The third-order valence-electron chi connectivity index (χ3n) is 6.27. The van der Waals surface area contributed by atoms with Crippen LogP contribution >= 0.6 is 11.6 Å². The summed E-state index contributed by atoms with van der Waals surface area (Å²) in [6.07, 6.45) is 1.78. The fraction of sp³-hybridized carbons (Fsp3) is 0.500. The molecule has 2 aromatic rings. The lowest BCUT2D eigenvalue weighted by atomic mass is 9.88. The van der Waals surface area contributed by atoms with Gasteiger partial charge in [0, 0.05) is 31.8 Å². The molecule has 202 valence electrons. The van der Waals surface area contributed by atoms with Gasteiger partial charge in [0.2, 0.25) is 0 Å². The fourth-order valence-corrected chi connectivity index (χ4v) is 4.30. The second-order valence-electron chi connectivity index (χ2n) is 10.4. The van der Waals surface area contributed by atoms with Crippen molar-refractivity contribution in [3.05, 3.63) is 58.9 Å². The number of carbonyl (C=O) groups is 2.